The molecule has 8 heteroatoms. The van der Waals surface area contributed by atoms with Crippen LogP contribution in [0.3, 0.4) is 0 Å². The van der Waals surface area contributed by atoms with Gasteiger partial charge in [0.05, 0.1) is 0 Å². The molecule has 1 aromatic carbocycles. The Labute approximate surface area is 187 Å². The molecule has 0 saturated carbocycles. The van der Waals surface area contributed by atoms with E-state index in [2.05, 4.69) is 21.2 Å². The SMILES string of the molecule is CCCN(C(=O)[C@H](CC(C)C)OC(=O)Nc1ccc(Br)cc1)C(C(=O)O)C(C)(C)C. The average molecular weight is 485 g/mol. The predicted molar refractivity (Wildman–Crippen MR) is 120 cm³/mol. The molecule has 0 aliphatic rings. The number of carboxylic acid groups (broad SMARTS) is 1. The number of carbonyl (C=O) groups excluding carboxylic acids is 2. The summed E-state index contributed by atoms with van der Waals surface area (Å²) in [6.45, 7) is 11.3. The number of rotatable bonds is 9. The first kappa shape index (κ1) is 25.9. The summed E-state index contributed by atoms with van der Waals surface area (Å²) in [4.78, 5) is 39.1. The molecule has 0 aliphatic heterocycles. The summed E-state index contributed by atoms with van der Waals surface area (Å²) < 4.78 is 6.35. The maximum atomic E-state index is 13.3. The van der Waals surface area contributed by atoms with E-state index >= 15 is 0 Å². The third-order valence-electron chi connectivity index (χ3n) is 4.41. The number of anilines is 1. The molecule has 0 fully saturated rings. The molecule has 0 bridgehead atoms. The first-order valence-electron chi connectivity index (χ1n) is 10.1. The van der Waals surface area contributed by atoms with Gasteiger partial charge in [0.1, 0.15) is 6.04 Å². The maximum absolute atomic E-state index is 13.3. The van der Waals surface area contributed by atoms with Crippen LogP contribution in [-0.4, -0.2) is 46.7 Å². The number of halogens is 1. The van der Waals surface area contributed by atoms with Crippen LogP contribution in [0, 0.1) is 11.3 Å². The molecule has 2 amide bonds. The lowest BCUT2D eigenvalue weighted by molar-refractivity contribution is -0.159. The largest absolute Gasteiger partial charge is 0.480 e. The molecule has 0 aliphatic carbocycles. The molecule has 0 heterocycles. The van der Waals surface area contributed by atoms with Gasteiger partial charge in [-0.15, -0.1) is 0 Å². The Hall–Kier alpha value is -2.09. The van der Waals surface area contributed by atoms with Crippen molar-refractivity contribution in [3.8, 4) is 0 Å². The van der Waals surface area contributed by atoms with Gasteiger partial charge in [0, 0.05) is 16.7 Å². The van der Waals surface area contributed by atoms with Crippen LogP contribution in [0.15, 0.2) is 28.7 Å². The normalized spacial score (nSPS) is 13.5. The second-order valence-corrected chi connectivity index (χ2v) is 9.71. The molecular weight excluding hydrogens is 452 g/mol. The molecule has 1 unspecified atom stereocenters. The van der Waals surface area contributed by atoms with Gasteiger partial charge in [-0.2, -0.15) is 0 Å². The second-order valence-electron chi connectivity index (χ2n) is 8.79. The second kappa shape index (κ2) is 11.3. The standard InChI is InChI=1S/C22H33BrN2O5/c1-7-12-25(18(20(27)28)22(4,5)6)19(26)17(13-14(2)3)30-21(29)24-16-10-8-15(23)9-11-16/h8-11,14,17-18H,7,12-13H2,1-6H3,(H,24,29)(H,27,28)/t17-,18?/m0/s1. The Bertz CT molecular complexity index is 728. The molecular formula is C22H33BrN2O5. The monoisotopic (exact) mass is 484 g/mol. The molecule has 0 aromatic heterocycles. The average Bonchev–Trinajstić information content (AvgIpc) is 2.60. The molecule has 0 spiro atoms. The van der Waals surface area contributed by atoms with E-state index < -0.39 is 35.5 Å². The van der Waals surface area contributed by atoms with Crippen LogP contribution >= 0.6 is 15.9 Å². The van der Waals surface area contributed by atoms with Gasteiger partial charge in [-0.1, -0.05) is 57.5 Å². The van der Waals surface area contributed by atoms with Crippen LogP contribution in [0.2, 0.25) is 0 Å². The van der Waals surface area contributed by atoms with E-state index in [0.717, 1.165) is 4.47 Å². The fourth-order valence-electron chi connectivity index (χ4n) is 3.20. The number of benzene rings is 1. The van der Waals surface area contributed by atoms with Gasteiger partial charge < -0.3 is 14.7 Å². The third kappa shape index (κ3) is 7.97. The number of aliphatic carboxylic acids is 1. The highest BCUT2D eigenvalue weighted by Crippen LogP contribution is 2.27. The zero-order valence-electron chi connectivity index (χ0n) is 18.6. The Morgan fingerprint density at radius 2 is 1.73 bits per heavy atom. The van der Waals surface area contributed by atoms with E-state index in [9.17, 15) is 19.5 Å². The van der Waals surface area contributed by atoms with Crippen LogP contribution in [0.4, 0.5) is 10.5 Å². The Balaban J connectivity index is 3.10. The quantitative estimate of drug-likeness (QED) is 0.504. The highest BCUT2D eigenvalue weighted by atomic mass is 79.9. The van der Waals surface area contributed by atoms with Crippen molar-refractivity contribution in [3.63, 3.8) is 0 Å². The number of hydrogen-bond donors (Lipinski definition) is 2. The van der Waals surface area contributed by atoms with Gasteiger partial charge in [0.15, 0.2) is 6.10 Å². The molecule has 2 N–H and O–H groups in total. The fourth-order valence-corrected chi connectivity index (χ4v) is 3.47. The van der Waals surface area contributed by atoms with Crippen LogP contribution in [0.25, 0.3) is 0 Å². The Kier molecular flexibility index (Phi) is 9.81. The van der Waals surface area contributed by atoms with Crippen LogP contribution in [-0.2, 0) is 14.3 Å². The van der Waals surface area contributed by atoms with E-state index in [1.807, 2.05) is 20.8 Å². The van der Waals surface area contributed by atoms with Crippen LogP contribution in [0.5, 0.6) is 0 Å². The van der Waals surface area contributed by atoms with Gasteiger partial charge >= 0.3 is 12.1 Å². The van der Waals surface area contributed by atoms with Gasteiger partial charge in [-0.25, -0.2) is 9.59 Å². The molecule has 7 nitrogen and oxygen atoms in total. The summed E-state index contributed by atoms with van der Waals surface area (Å²) >= 11 is 3.33. The Morgan fingerprint density at radius 3 is 2.17 bits per heavy atom. The van der Waals surface area contributed by atoms with Crippen molar-refractivity contribution in [2.75, 3.05) is 11.9 Å². The van der Waals surface area contributed by atoms with Crippen LogP contribution < -0.4 is 5.32 Å². The number of nitrogens with zero attached hydrogens (tertiary/aromatic N) is 1. The van der Waals surface area contributed by atoms with Gasteiger partial charge in [0.2, 0.25) is 0 Å². The summed E-state index contributed by atoms with van der Waals surface area (Å²) in [7, 11) is 0. The smallest absolute Gasteiger partial charge is 0.412 e. The first-order valence-corrected chi connectivity index (χ1v) is 10.9. The summed E-state index contributed by atoms with van der Waals surface area (Å²) in [5, 5.41) is 12.4. The minimum Gasteiger partial charge on any atom is -0.480 e. The van der Waals surface area contributed by atoms with E-state index in [0.29, 0.717) is 18.5 Å². The topological polar surface area (TPSA) is 95.9 Å². The summed E-state index contributed by atoms with van der Waals surface area (Å²) in [6.07, 6.45) is -0.944. The lowest BCUT2D eigenvalue weighted by Crippen LogP contribution is -2.55. The number of ether oxygens (including phenoxy) is 1. The van der Waals surface area contributed by atoms with Gasteiger partial charge in [-0.3, -0.25) is 10.1 Å². The van der Waals surface area contributed by atoms with E-state index in [-0.39, 0.29) is 12.5 Å². The highest BCUT2D eigenvalue weighted by molar-refractivity contribution is 9.10. The zero-order chi connectivity index (χ0) is 23.1. The number of carbonyl (C=O) groups is 3. The van der Waals surface area contributed by atoms with Gasteiger partial charge in [-0.05, 0) is 48.4 Å². The van der Waals surface area contributed by atoms with Crippen molar-refractivity contribution in [2.24, 2.45) is 11.3 Å². The summed E-state index contributed by atoms with van der Waals surface area (Å²) in [6, 6.07) is 5.92. The van der Waals surface area contributed by atoms with Crippen molar-refractivity contribution < 1.29 is 24.2 Å². The van der Waals surface area contributed by atoms with Crippen molar-refractivity contribution in [2.45, 2.75) is 66.5 Å². The fraction of sp³-hybridized carbons (Fsp3) is 0.591. The predicted octanol–water partition coefficient (Wildman–Crippen LogP) is 5.15. The molecule has 1 rings (SSSR count). The summed E-state index contributed by atoms with van der Waals surface area (Å²) in [5.41, 5.74) is -0.152. The Morgan fingerprint density at radius 1 is 1.17 bits per heavy atom. The molecule has 1 aromatic rings. The minimum absolute atomic E-state index is 0.0702. The van der Waals surface area contributed by atoms with E-state index in [1.54, 1.807) is 45.0 Å². The third-order valence-corrected chi connectivity index (χ3v) is 4.94. The lowest BCUT2D eigenvalue weighted by atomic mass is 9.85. The zero-order valence-corrected chi connectivity index (χ0v) is 20.2. The molecule has 30 heavy (non-hydrogen) atoms. The van der Waals surface area contributed by atoms with Gasteiger partial charge in [0.25, 0.3) is 5.91 Å². The van der Waals surface area contributed by atoms with Crippen molar-refractivity contribution >= 4 is 39.6 Å². The molecule has 0 radical (unpaired) electrons. The molecule has 2 atom stereocenters. The minimum atomic E-state index is -1.08. The molecule has 0 saturated heterocycles. The maximum Gasteiger partial charge on any atom is 0.412 e. The van der Waals surface area contributed by atoms with E-state index in [4.69, 9.17) is 4.74 Å². The highest BCUT2D eigenvalue weighted by Gasteiger charge is 2.41. The molecule has 168 valence electrons. The van der Waals surface area contributed by atoms with Crippen LogP contribution in [0.1, 0.15) is 54.4 Å². The summed E-state index contributed by atoms with van der Waals surface area (Å²) in [5.74, 6) is -1.49. The van der Waals surface area contributed by atoms with E-state index in [1.165, 1.54) is 4.90 Å². The number of carboxylic acids is 1. The number of amides is 2. The van der Waals surface area contributed by atoms with Crippen molar-refractivity contribution in [1.82, 2.24) is 4.90 Å². The van der Waals surface area contributed by atoms with Crippen molar-refractivity contribution in [1.29, 1.82) is 0 Å². The lowest BCUT2D eigenvalue weighted by Gasteiger charge is -2.38. The number of hydrogen-bond acceptors (Lipinski definition) is 4. The number of nitrogens with one attached hydrogen (secondary N) is 1. The van der Waals surface area contributed by atoms with Crippen molar-refractivity contribution in [3.05, 3.63) is 28.7 Å². The first-order chi connectivity index (χ1) is 13.9.